The number of amides is 4. The van der Waals surface area contributed by atoms with Gasteiger partial charge in [0, 0.05) is 18.9 Å². The zero-order valence-corrected chi connectivity index (χ0v) is 28.3. The summed E-state index contributed by atoms with van der Waals surface area (Å²) in [7, 11) is -5.28. The summed E-state index contributed by atoms with van der Waals surface area (Å²) in [6.07, 6.45) is -0.0608. The van der Waals surface area contributed by atoms with E-state index in [0.29, 0.717) is 19.4 Å². The number of rotatable bonds is 15. The van der Waals surface area contributed by atoms with E-state index in [9.17, 15) is 37.3 Å². The first-order valence-electron chi connectivity index (χ1n) is 16.3. The van der Waals surface area contributed by atoms with E-state index in [0.717, 1.165) is 21.9 Å². The Labute approximate surface area is 285 Å². The summed E-state index contributed by atoms with van der Waals surface area (Å²) in [5.41, 5.74) is -1.04. The Kier molecular flexibility index (Phi) is 13.1. The third kappa shape index (κ3) is 11.0. The zero-order valence-electron chi connectivity index (χ0n) is 27.5. The molecule has 1 aliphatic heterocycles. The maximum Gasteiger partial charge on any atom is 0.408 e. The molecule has 1 aliphatic rings. The van der Waals surface area contributed by atoms with E-state index >= 15 is 0 Å². The molecule has 14 heteroatoms. The van der Waals surface area contributed by atoms with Crippen molar-refractivity contribution in [3.8, 4) is 0 Å². The largest absolute Gasteiger partial charge is 0.746 e. The Morgan fingerprint density at radius 2 is 1.61 bits per heavy atom. The lowest BCUT2D eigenvalue weighted by atomic mass is 9.91. The molecule has 1 unspecified atom stereocenters. The molecule has 4 amide bonds. The summed E-state index contributed by atoms with van der Waals surface area (Å²) in [6, 6.07) is 18.0. The molecule has 0 aliphatic carbocycles. The summed E-state index contributed by atoms with van der Waals surface area (Å²) in [6.45, 7) is 4.00. The zero-order chi connectivity index (χ0) is 35.6. The lowest BCUT2D eigenvalue weighted by molar-refractivity contribution is -0.131. The minimum atomic E-state index is -5.28. The van der Waals surface area contributed by atoms with Crippen LogP contribution in [0.25, 0.3) is 10.8 Å². The number of ether oxygens (including phenoxy) is 1. The SMILES string of the molecule is CC(C)C[C@H](NC(=O)[C@H](Cc1cccc2ccccc12)NC(=O)OCc1ccccc1)C(=O)N[C@@H](C[C@@H]1CCCNC1=O)C(O)S(=O)(=O)[O-]. The van der Waals surface area contributed by atoms with E-state index < -0.39 is 57.5 Å². The van der Waals surface area contributed by atoms with Crippen LogP contribution in [0.4, 0.5) is 4.79 Å². The smallest absolute Gasteiger partial charge is 0.408 e. The van der Waals surface area contributed by atoms with Crippen molar-refractivity contribution >= 4 is 44.7 Å². The third-order valence-corrected chi connectivity index (χ3v) is 9.29. The normalized spacial score (nSPS) is 17.3. The number of benzene rings is 3. The van der Waals surface area contributed by atoms with Crippen molar-refractivity contribution in [3.63, 3.8) is 0 Å². The average molecular weight is 696 g/mol. The molecule has 4 rings (SSSR count). The highest BCUT2D eigenvalue weighted by molar-refractivity contribution is 7.86. The second-order valence-electron chi connectivity index (χ2n) is 12.7. The molecule has 13 nitrogen and oxygen atoms in total. The van der Waals surface area contributed by atoms with Gasteiger partial charge in [-0.2, -0.15) is 0 Å². The van der Waals surface area contributed by atoms with Gasteiger partial charge in [0.25, 0.3) is 0 Å². The Morgan fingerprint density at radius 3 is 2.31 bits per heavy atom. The molecule has 5 N–H and O–H groups in total. The van der Waals surface area contributed by atoms with Crippen molar-refractivity contribution < 1.29 is 42.0 Å². The highest BCUT2D eigenvalue weighted by atomic mass is 32.2. The molecule has 1 fully saturated rings. The third-order valence-electron chi connectivity index (χ3n) is 8.37. The molecule has 264 valence electrons. The molecule has 0 spiro atoms. The second-order valence-corrected chi connectivity index (χ2v) is 14.1. The van der Waals surface area contributed by atoms with Gasteiger partial charge in [0.1, 0.15) is 28.8 Å². The van der Waals surface area contributed by atoms with Crippen LogP contribution in [-0.2, 0) is 42.3 Å². The molecule has 1 saturated heterocycles. The molecule has 0 aromatic heterocycles. The van der Waals surface area contributed by atoms with E-state index in [1.807, 2.05) is 48.5 Å². The van der Waals surface area contributed by atoms with Gasteiger partial charge < -0.3 is 35.7 Å². The van der Waals surface area contributed by atoms with Crippen molar-refractivity contribution in [1.29, 1.82) is 0 Å². The first-order chi connectivity index (χ1) is 23.3. The Morgan fingerprint density at radius 1 is 0.939 bits per heavy atom. The van der Waals surface area contributed by atoms with Crippen LogP contribution in [0.15, 0.2) is 72.8 Å². The predicted octanol–water partition coefficient (Wildman–Crippen LogP) is 2.47. The van der Waals surface area contributed by atoms with Crippen LogP contribution < -0.4 is 21.3 Å². The first-order valence-corrected chi connectivity index (χ1v) is 17.7. The number of aliphatic hydroxyl groups is 1. The molecule has 5 atom stereocenters. The van der Waals surface area contributed by atoms with Gasteiger partial charge in [0.05, 0.1) is 6.04 Å². The van der Waals surface area contributed by atoms with Gasteiger partial charge in [-0.1, -0.05) is 86.6 Å². The summed E-state index contributed by atoms with van der Waals surface area (Å²) >= 11 is 0. The van der Waals surface area contributed by atoms with Gasteiger partial charge in [-0.3, -0.25) is 14.4 Å². The van der Waals surface area contributed by atoms with E-state index in [4.69, 9.17) is 4.74 Å². The van der Waals surface area contributed by atoms with Crippen LogP contribution in [0.5, 0.6) is 0 Å². The fourth-order valence-electron chi connectivity index (χ4n) is 5.88. The first kappa shape index (κ1) is 37.3. The molecule has 0 radical (unpaired) electrons. The van der Waals surface area contributed by atoms with Crippen molar-refractivity contribution in [3.05, 3.63) is 83.9 Å². The van der Waals surface area contributed by atoms with Crippen LogP contribution in [0.2, 0.25) is 0 Å². The minimum Gasteiger partial charge on any atom is -0.746 e. The van der Waals surface area contributed by atoms with E-state index in [1.165, 1.54) is 0 Å². The van der Waals surface area contributed by atoms with Gasteiger partial charge in [0.15, 0.2) is 5.44 Å². The summed E-state index contributed by atoms with van der Waals surface area (Å²) in [5.74, 6) is -2.85. The molecule has 1 heterocycles. The predicted molar refractivity (Wildman–Crippen MR) is 181 cm³/mol. The number of piperidine rings is 1. The molecule has 3 aromatic rings. The van der Waals surface area contributed by atoms with Crippen molar-refractivity contribution in [1.82, 2.24) is 21.3 Å². The van der Waals surface area contributed by atoms with Gasteiger partial charge in [-0.15, -0.1) is 0 Å². The molecular formula is C35H43N4O9S-. The molecular weight excluding hydrogens is 652 g/mol. The topological polar surface area (TPSA) is 203 Å². The highest BCUT2D eigenvalue weighted by Gasteiger charge is 2.35. The summed E-state index contributed by atoms with van der Waals surface area (Å²) < 4.78 is 40.9. The van der Waals surface area contributed by atoms with Crippen LogP contribution in [0.3, 0.4) is 0 Å². The standard InChI is InChI=1S/C35H44N4O9S/c1-22(2)18-28(32(41)38-30(34(43)49(45,46)47)20-26-15-9-17-36-31(26)40)37-33(42)29(39-35(44)48-21-23-10-4-3-5-11-23)19-25-14-8-13-24-12-6-7-16-27(24)25/h3-8,10-14,16,22,26,28-30,34,43H,9,15,17-21H2,1-2H3,(H,36,40)(H,37,42)(H,38,41)(H,39,44)(H,45,46,47)/p-1/t26-,28-,29-,30-,34?/m0/s1. The highest BCUT2D eigenvalue weighted by Crippen LogP contribution is 2.22. The number of carbonyl (C=O) groups excluding carboxylic acids is 4. The maximum atomic E-state index is 13.9. The second kappa shape index (κ2) is 17.2. The fraction of sp³-hybridized carbons (Fsp3) is 0.429. The number of hydrogen-bond acceptors (Lipinski definition) is 9. The van der Waals surface area contributed by atoms with Crippen LogP contribution in [0.1, 0.15) is 50.7 Å². The van der Waals surface area contributed by atoms with Crippen LogP contribution >= 0.6 is 0 Å². The summed E-state index contributed by atoms with van der Waals surface area (Å²) in [5, 5.41) is 22.6. The van der Waals surface area contributed by atoms with Crippen molar-refractivity contribution in [2.24, 2.45) is 11.8 Å². The lowest BCUT2D eigenvalue weighted by Crippen LogP contribution is -2.58. The quantitative estimate of drug-likeness (QED) is 0.148. The Bertz CT molecular complexity index is 1710. The average Bonchev–Trinajstić information content (AvgIpc) is 3.07. The Hall–Kier alpha value is -4.53. The van der Waals surface area contributed by atoms with Gasteiger partial charge in [0.2, 0.25) is 17.7 Å². The molecule has 49 heavy (non-hydrogen) atoms. The minimum absolute atomic E-state index is 0.0379. The number of aliphatic hydroxyl groups excluding tert-OH is 1. The maximum absolute atomic E-state index is 13.9. The van der Waals surface area contributed by atoms with E-state index in [1.54, 1.807) is 38.1 Å². The van der Waals surface area contributed by atoms with Crippen molar-refractivity contribution in [2.75, 3.05) is 6.54 Å². The van der Waals surface area contributed by atoms with Gasteiger partial charge >= 0.3 is 6.09 Å². The fourth-order valence-corrected chi connectivity index (χ4v) is 6.46. The Balaban J connectivity index is 1.56. The molecule has 0 bridgehead atoms. The monoisotopic (exact) mass is 695 g/mol. The number of nitrogens with one attached hydrogen (secondary N) is 4. The van der Waals surface area contributed by atoms with E-state index in [2.05, 4.69) is 21.3 Å². The van der Waals surface area contributed by atoms with Gasteiger partial charge in [-0.25, -0.2) is 13.2 Å². The van der Waals surface area contributed by atoms with Gasteiger partial charge in [-0.05, 0) is 53.5 Å². The number of fused-ring (bicyclic) bond motifs is 1. The molecule has 0 saturated carbocycles. The van der Waals surface area contributed by atoms with Crippen LogP contribution in [0, 0.1) is 11.8 Å². The van der Waals surface area contributed by atoms with Crippen LogP contribution in [-0.4, -0.2) is 72.0 Å². The number of carbonyl (C=O) groups is 4. The number of hydrogen-bond donors (Lipinski definition) is 5. The van der Waals surface area contributed by atoms with E-state index in [-0.39, 0.29) is 37.7 Å². The summed E-state index contributed by atoms with van der Waals surface area (Å²) in [4.78, 5) is 53.0. The lowest BCUT2D eigenvalue weighted by Gasteiger charge is -2.32. The number of alkyl carbamates (subject to hydrolysis) is 1. The van der Waals surface area contributed by atoms with Crippen molar-refractivity contribution in [2.45, 2.75) is 76.1 Å². The molecule has 3 aromatic carbocycles.